The van der Waals surface area contributed by atoms with Crippen molar-refractivity contribution in [3.05, 3.63) is 30.0 Å². The zero-order valence-corrected chi connectivity index (χ0v) is 15.6. The standard InChI is InChI=1S/C22H38O/c1-3-5-6-7-8-9-10-11-12-13-14-15-16-17-18-19-20-21-22(23)4-2/h11-12,19,21H,3-10,13-18H2,1-2H3/b12-11-. The van der Waals surface area contributed by atoms with Crippen molar-refractivity contribution in [1.29, 1.82) is 0 Å². The van der Waals surface area contributed by atoms with Crippen LogP contribution in [-0.2, 0) is 4.79 Å². The molecule has 0 atom stereocenters. The van der Waals surface area contributed by atoms with Crippen molar-refractivity contribution in [2.45, 2.75) is 104 Å². The fourth-order valence-corrected chi connectivity index (χ4v) is 2.48. The summed E-state index contributed by atoms with van der Waals surface area (Å²) in [7, 11) is 0. The van der Waals surface area contributed by atoms with Crippen LogP contribution in [0.5, 0.6) is 0 Å². The van der Waals surface area contributed by atoms with E-state index in [2.05, 4.69) is 24.8 Å². The van der Waals surface area contributed by atoms with Crippen LogP contribution >= 0.6 is 0 Å². The maximum Gasteiger partial charge on any atom is 0.163 e. The van der Waals surface area contributed by atoms with Crippen LogP contribution in [0.25, 0.3) is 0 Å². The van der Waals surface area contributed by atoms with E-state index < -0.39 is 0 Å². The first kappa shape index (κ1) is 21.9. The number of ketones is 1. The van der Waals surface area contributed by atoms with Gasteiger partial charge in [0.25, 0.3) is 0 Å². The molecule has 0 radical (unpaired) electrons. The van der Waals surface area contributed by atoms with Crippen LogP contribution in [0.15, 0.2) is 30.0 Å². The number of rotatable bonds is 16. The van der Waals surface area contributed by atoms with E-state index in [-0.39, 0.29) is 5.78 Å². The van der Waals surface area contributed by atoms with Gasteiger partial charge in [-0.15, -0.1) is 5.73 Å². The van der Waals surface area contributed by atoms with Gasteiger partial charge in [-0.25, -0.2) is 0 Å². The second kappa shape index (κ2) is 19.0. The quantitative estimate of drug-likeness (QED) is 0.126. The highest BCUT2D eigenvalue weighted by Gasteiger charge is 1.90. The Bertz CT molecular complexity index is 345. The van der Waals surface area contributed by atoms with E-state index in [1.54, 1.807) is 6.08 Å². The zero-order valence-electron chi connectivity index (χ0n) is 15.6. The maximum atomic E-state index is 11.0. The lowest BCUT2D eigenvalue weighted by molar-refractivity contribution is -0.114. The average molecular weight is 319 g/mol. The van der Waals surface area contributed by atoms with Crippen LogP contribution in [-0.4, -0.2) is 5.78 Å². The largest absolute Gasteiger partial charge is 0.294 e. The van der Waals surface area contributed by atoms with E-state index in [9.17, 15) is 4.79 Å². The molecule has 0 N–H and O–H groups in total. The van der Waals surface area contributed by atoms with Crippen molar-refractivity contribution in [2.75, 3.05) is 0 Å². The average Bonchev–Trinajstić information content (AvgIpc) is 2.57. The lowest BCUT2D eigenvalue weighted by atomic mass is 10.1. The van der Waals surface area contributed by atoms with Crippen molar-refractivity contribution in [3.8, 4) is 0 Å². The number of allylic oxidation sites excluding steroid dienone is 3. The fourth-order valence-electron chi connectivity index (χ4n) is 2.48. The third kappa shape index (κ3) is 18.9. The third-order valence-corrected chi connectivity index (χ3v) is 4.07. The molecule has 0 amide bonds. The van der Waals surface area contributed by atoms with Gasteiger partial charge in [0.15, 0.2) is 5.78 Å². The molecule has 0 rings (SSSR count). The topological polar surface area (TPSA) is 17.1 Å². The van der Waals surface area contributed by atoms with E-state index in [1.165, 1.54) is 77.0 Å². The van der Waals surface area contributed by atoms with Gasteiger partial charge < -0.3 is 0 Å². The predicted octanol–water partition coefficient (Wildman–Crippen LogP) is 7.32. The summed E-state index contributed by atoms with van der Waals surface area (Å²) in [6.45, 7) is 4.15. The molecule has 0 aliphatic carbocycles. The molecule has 1 heteroatoms. The smallest absolute Gasteiger partial charge is 0.163 e. The molecule has 0 aromatic rings. The lowest BCUT2D eigenvalue weighted by Crippen LogP contribution is -1.84. The van der Waals surface area contributed by atoms with Crippen LogP contribution in [0, 0.1) is 0 Å². The number of carbonyl (C=O) groups excluding carboxylic acids is 1. The minimum atomic E-state index is 0.161. The van der Waals surface area contributed by atoms with Crippen LogP contribution in [0.4, 0.5) is 0 Å². The van der Waals surface area contributed by atoms with E-state index in [4.69, 9.17) is 0 Å². The van der Waals surface area contributed by atoms with Gasteiger partial charge in [0.1, 0.15) is 0 Å². The summed E-state index contributed by atoms with van der Waals surface area (Å²) >= 11 is 0. The highest BCUT2D eigenvalue weighted by Crippen LogP contribution is 2.09. The Hall–Kier alpha value is -1.07. The molecule has 0 aromatic carbocycles. The minimum absolute atomic E-state index is 0.161. The molecule has 0 aliphatic rings. The van der Waals surface area contributed by atoms with Gasteiger partial charge in [-0.05, 0) is 44.6 Å². The summed E-state index contributed by atoms with van der Waals surface area (Å²) in [5, 5.41) is 0. The van der Waals surface area contributed by atoms with Gasteiger partial charge in [-0.2, -0.15) is 0 Å². The minimum Gasteiger partial charge on any atom is -0.294 e. The van der Waals surface area contributed by atoms with Gasteiger partial charge in [0.2, 0.25) is 0 Å². The Kier molecular flexibility index (Phi) is 18.1. The molecule has 132 valence electrons. The molecule has 0 bridgehead atoms. The summed E-state index contributed by atoms with van der Waals surface area (Å²) in [6.07, 6.45) is 25.9. The first-order chi connectivity index (χ1) is 11.3. The Labute approximate surface area is 144 Å². The predicted molar refractivity (Wildman–Crippen MR) is 103 cm³/mol. The number of unbranched alkanes of at least 4 members (excludes halogenated alkanes) is 11. The zero-order chi connectivity index (χ0) is 17.0. The highest BCUT2D eigenvalue weighted by molar-refractivity contribution is 5.89. The van der Waals surface area contributed by atoms with Crippen LogP contribution in [0.3, 0.4) is 0 Å². The molecule has 0 aromatic heterocycles. The van der Waals surface area contributed by atoms with Crippen molar-refractivity contribution in [3.63, 3.8) is 0 Å². The molecular weight excluding hydrogens is 280 g/mol. The first-order valence-corrected chi connectivity index (χ1v) is 9.90. The Balaban J connectivity index is 3.25. The van der Waals surface area contributed by atoms with Crippen LogP contribution < -0.4 is 0 Å². The maximum absolute atomic E-state index is 11.0. The Morgan fingerprint density at radius 3 is 1.83 bits per heavy atom. The molecule has 0 unspecified atom stereocenters. The van der Waals surface area contributed by atoms with Crippen LogP contribution in [0.2, 0.25) is 0 Å². The van der Waals surface area contributed by atoms with Crippen molar-refractivity contribution in [1.82, 2.24) is 0 Å². The van der Waals surface area contributed by atoms with Crippen molar-refractivity contribution >= 4 is 5.78 Å². The summed E-state index contributed by atoms with van der Waals surface area (Å²) in [5.41, 5.74) is 2.97. The number of hydrogen-bond donors (Lipinski definition) is 0. The summed E-state index contributed by atoms with van der Waals surface area (Å²) in [6, 6.07) is 0. The van der Waals surface area contributed by atoms with Gasteiger partial charge in [0, 0.05) is 12.5 Å². The van der Waals surface area contributed by atoms with Gasteiger partial charge in [-0.1, -0.05) is 70.9 Å². The molecule has 0 saturated carbocycles. The van der Waals surface area contributed by atoms with Gasteiger partial charge >= 0.3 is 0 Å². The van der Waals surface area contributed by atoms with E-state index in [0.29, 0.717) is 6.42 Å². The highest BCUT2D eigenvalue weighted by atomic mass is 16.1. The Morgan fingerprint density at radius 1 is 0.739 bits per heavy atom. The third-order valence-electron chi connectivity index (χ3n) is 4.07. The molecule has 1 nitrogen and oxygen atoms in total. The van der Waals surface area contributed by atoms with Crippen LogP contribution in [0.1, 0.15) is 104 Å². The van der Waals surface area contributed by atoms with Crippen molar-refractivity contribution in [2.24, 2.45) is 0 Å². The van der Waals surface area contributed by atoms with E-state index in [0.717, 1.165) is 6.42 Å². The molecular formula is C22H38O. The Morgan fingerprint density at radius 2 is 1.26 bits per heavy atom. The molecule has 0 heterocycles. The van der Waals surface area contributed by atoms with E-state index in [1.807, 2.05) is 13.0 Å². The summed E-state index contributed by atoms with van der Waals surface area (Å²) in [5.74, 6) is 0.161. The summed E-state index contributed by atoms with van der Waals surface area (Å²) in [4.78, 5) is 11.0. The molecule has 0 fully saturated rings. The monoisotopic (exact) mass is 318 g/mol. The second-order valence-corrected chi connectivity index (χ2v) is 6.35. The molecule has 23 heavy (non-hydrogen) atoms. The normalized spacial score (nSPS) is 10.7. The lowest BCUT2D eigenvalue weighted by Gasteiger charge is -1.98. The van der Waals surface area contributed by atoms with Crippen molar-refractivity contribution < 1.29 is 4.79 Å². The number of hydrogen-bond acceptors (Lipinski definition) is 1. The first-order valence-electron chi connectivity index (χ1n) is 9.90. The summed E-state index contributed by atoms with van der Waals surface area (Å²) < 4.78 is 0. The number of carbonyl (C=O) groups is 1. The van der Waals surface area contributed by atoms with Gasteiger partial charge in [0.05, 0.1) is 0 Å². The molecule has 0 aliphatic heterocycles. The second-order valence-electron chi connectivity index (χ2n) is 6.35. The molecule has 0 spiro atoms. The van der Waals surface area contributed by atoms with E-state index >= 15 is 0 Å². The van der Waals surface area contributed by atoms with Gasteiger partial charge in [-0.3, -0.25) is 4.79 Å². The fraction of sp³-hybridized carbons (Fsp3) is 0.727. The molecule has 0 saturated heterocycles. The SMILES string of the molecule is CCCCCCCC/C=C\CCCCCCC=C=CC(=O)CC.